The van der Waals surface area contributed by atoms with Gasteiger partial charge in [0.25, 0.3) is 0 Å². The van der Waals surface area contributed by atoms with E-state index in [4.69, 9.17) is 9.97 Å². The van der Waals surface area contributed by atoms with Crippen molar-refractivity contribution in [3.8, 4) is 0 Å². The van der Waals surface area contributed by atoms with Gasteiger partial charge < -0.3 is 19.8 Å². The summed E-state index contributed by atoms with van der Waals surface area (Å²) in [5.74, 6) is 4.29. The lowest BCUT2D eigenvalue weighted by atomic mass is 9.46. The van der Waals surface area contributed by atoms with Gasteiger partial charge in [-0.1, -0.05) is 32.4 Å². The van der Waals surface area contributed by atoms with Crippen molar-refractivity contribution in [3.63, 3.8) is 0 Å². The summed E-state index contributed by atoms with van der Waals surface area (Å²) in [5.41, 5.74) is 0.708. The number of aromatic nitrogens is 2. The third-order valence-electron chi connectivity index (χ3n) is 13.1. The van der Waals surface area contributed by atoms with E-state index < -0.39 is 6.10 Å². The van der Waals surface area contributed by atoms with E-state index in [0.717, 1.165) is 89.2 Å². The topological polar surface area (TPSA) is 93.1 Å². The van der Waals surface area contributed by atoms with Crippen molar-refractivity contribution in [2.45, 2.75) is 80.3 Å². The molecule has 1 aliphatic heterocycles. The zero-order valence-electron chi connectivity index (χ0n) is 29.9. The van der Waals surface area contributed by atoms with Gasteiger partial charge in [0.05, 0.1) is 12.6 Å². The molecule has 47 heavy (non-hydrogen) atoms. The normalized spacial score (nSPS) is 35.2. The molecule has 0 bridgehead atoms. The molecule has 2 heterocycles. The van der Waals surface area contributed by atoms with Crippen LogP contribution in [0.5, 0.6) is 0 Å². The van der Waals surface area contributed by atoms with Gasteiger partial charge in [-0.25, -0.2) is 0 Å². The van der Waals surface area contributed by atoms with Gasteiger partial charge in [0.2, 0.25) is 5.95 Å². The zero-order chi connectivity index (χ0) is 33.7. The molecule has 0 radical (unpaired) electrons. The number of carbonyl (C=O) groups is 2. The number of carbonyl (C=O) groups excluding carboxylic acids is 2. The average molecular weight is 647 g/mol. The summed E-state index contributed by atoms with van der Waals surface area (Å²) >= 11 is 0. The van der Waals surface area contributed by atoms with E-state index >= 15 is 0 Å². The Labute approximate surface area is 282 Å². The van der Waals surface area contributed by atoms with E-state index in [-0.39, 0.29) is 28.4 Å². The van der Waals surface area contributed by atoms with Crippen molar-refractivity contribution in [2.24, 2.45) is 40.4 Å². The summed E-state index contributed by atoms with van der Waals surface area (Å²) in [5, 5.41) is 11.8. The number of allylic oxidation sites excluding steroid dienone is 4. The van der Waals surface area contributed by atoms with Crippen molar-refractivity contribution in [2.75, 3.05) is 73.6 Å². The molecule has 0 spiro atoms. The van der Waals surface area contributed by atoms with Gasteiger partial charge in [0, 0.05) is 75.7 Å². The van der Waals surface area contributed by atoms with Crippen LogP contribution < -0.4 is 14.7 Å². The molecule has 5 aliphatic rings. The molecule has 3 saturated carbocycles. The number of hydrogen-bond donors (Lipinski definition) is 1. The molecule has 9 heteroatoms. The van der Waals surface area contributed by atoms with Crippen LogP contribution in [0.4, 0.5) is 17.6 Å². The summed E-state index contributed by atoms with van der Waals surface area (Å²) in [4.78, 5) is 45.6. The molecule has 2 unspecified atom stereocenters. The van der Waals surface area contributed by atoms with Crippen molar-refractivity contribution >= 4 is 29.2 Å². The van der Waals surface area contributed by atoms with E-state index in [2.05, 4.69) is 80.2 Å². The highest BCUT2D eigenvalue weighted by atomic mass is 16.3. The van der Waals surface area contributed by atoms with Crippen LogP contribution in [-0.4, -0.2) is 96.5 Å². The van der Waals surface area contributed by atoms with E-state index in [1.807, 2.05) is 6.08 Å². The monoisotopic (exact) mass is 646 g/mol. The molecule has 9 nitrogen and oxygen atoms in total. The van der Waals surface area contributed by atoms with Crippen molar-refractivity contribution in [1.29, 1.82) is 0 Å². The van der Waals surface area contributed by atoms with E-state index in [1.165, 1.54) is 5.57 Å². The van der Waals surface area contributed by atoms with Gasteiger partial charge in [-0.15, -0.1) is 0 Å². The van der Waals surface area contributed by atoms with Crippen molar-refractivity contribution in [1.82, 2.24) is 14.9 Å². The molecular weight excluding hydrogens is 588 g/mol. The fourth-order valence-electron chi connectivity index (χ4n) is 10.8. The predicted octanol–water partition coefficient (Wildman–Crippen LogP) is 5.00. The first-order valence-electron chi connectivity index (χ1n) is 18.5. The Hall–Kier alpha value is -2.78. The predicted molar refractivity (Wildman–Crippen MR) is 189 cm³/mol. The Morgan fingerprint density at radius 2 is 1.70 bits per heavy atom. The summed E-state index contributed by atoms with van der Waals surface area (Å²) in [6.07, 6.45) is 8.72. The summed E-state index contributed by atoms with van der Waals surface area (Å²) < 4.78 is 0. The molecule has 258 valence electrons. The van der Waals surface area contributed by atoms with Gasteiger partial charge in [0.1, 0.15) is 11.6 Å². The Morgan fingerprint density at radius 3 is 2.36 bits per heavy atom. The maximum Gasteiger partial charge on any atom is 0.229 e. The minimum atomic E-state index is -0.479. The van der Waals surface area contributed by atoms with E-state index in [1.54, 1.807) is 6.08 Å². The van der Waals surface area contributed by atoms with Crippen LogP contribution in [0.3, 0.4) is 0 Å². The number of hydrogen-bond acceptors (Lipinski definition) is 9. The summed E-state index contributed by atoms with van der Waals surface area (Å²) in [7, 11) is 0. The molecule has 0 amide bonds. The van der Waals surface area contributed by atoms with Gasteiger partial charge in [-0.2, -0.15) is 9.97 Å². The first-order valence-corrected chi connectivity index (χ1v) is 18.5. The molecule has 1 aromatic heterocycles. The Balaban J connectivity index is 1.14. The van der Waals surface area contributed by atoms with Crippen LogP contribution in [0.2, 0.25) is 0 Å². The Kier molecular flexibility index (Phi) is 9.62. The Morgan fingerprint density at radius 1 is 1.02 bits per heavy atom. The number of nitrogens with zero attached hydrogens (tertiary/aromatic N) is 6. The minimum Gasteiger partial charge on any atom is -0.393 e. The molecule has 6 rings (SSSR count). The van der Waals surface area contributed by atoms with Crippen LogP contribution in [-0.2, 0) is 9.59 Å². The third kappa shape index (κ3) is 5.94. The van der Waals surface area contributed by atoms with Crippen LogP contribution in [0, 0.1) is 40.4 Å². The third-order valence-corrected chi connectivity index (χ3v) is 13.1. The molecular formula is C38H58N6O3. The number of fused-ring (bicyclic) bond motifs is 5. The second-order valence-electron chi connectivity index (χ2n) is 15.4. The second-order valence-corrected chi connectivity index (χ2v) is 15.4. The standard InChI is InChI=1S/C38H58N6O3/c1-8-42(9-2)32-22-33(40-36(39-32)43(10-3)11-4)44-18-16-41(17-19-44)24-31(47)34-25(5)20-29-28-13-12-26-21-27(45)14-15-37(26,6)35(28)30(46)23-38(29,34)7/h14-15,21-22,25,28-30,34-35,46H,8-13,16-20,23-24H2,1-7H3/t25?,28-,29-,30?,34+,35+,37-,38-/m0/s1. The molecule has 0 aromatic carbocycles. The second kappa shape index (κ2) is 13.3. The maximum atomic E-state index is 14.3. The summed E-state index contributed by atoms with van der Waals surface area (Å²) in [6, 6.07) is 2.13. The highest BCUT2D eigenvalue weighted by molar-refractivity contribution is 6.01. The van der Waals surface area contributed by atoms with Crippen LogP contribution >= 0.6 is 0 Å². The number of anilines is 3. The van der Waals surface area contributed by atoms with Gasteiger partial charge >= 0.3 is 0 Å². The molecule has 8 atom stereocenters. The van der Waals surface area contributed by atoms with Crippen molar-refractivity contribution < 1.29 is 14.7 Å². The fourth-order valence-corrected chi connectivity index (χ4v) is 10.8. The number of ketones is 2. The molecule has 1 aromatic rings. The number of aliphatic hydroxyl groups excluding tert-OH is 1. The minimum absolute atomic E-state index is 0.0375. The number of piperazine rings is 1. The number of Topliss-reactive ketones (excluding diaryl/α,β-unsaturated/α-hetero) is 1. The van der Waals surface area contributed by atoms with Crippen LogP contribution in [0.1, 0.15) is 74.1 Å². The lowest BCUT2D eigenvalue weighted by molar-refractivity contribution is -0.141. The molecule has 4 aliphatic carbocycles. The van der Waals surface area contributed by atoms with Crippen LogP contribution in [0.15, 0.2) is 29.9 Å². The maximum absolute atomic E-state index is 14.3. The highest BCUT2D eigenvalue weighted by Crippen LogP contribution is 2.67. The quantitative estimate of drug-likeness (QED) is 0.377. The summed E-state index contributed by atoms with van der Waals surface area (Å²) in [6.45, 7) is 22.7. The molecule has 1 N–H and O–H groups in total. The first kappa shape index (κ1) is 34.1. The largest absolute Gasteiger partial charge is 0.393 e. The number of rotatable bonds is 10. The SMILES string of the molecule is CCN(CC)c1cc(N2CCN(CC(=O)[C@H]3C(C)C[C@H]4[C@@H]5CCC6=CC(=O)C=C[C@]6(C)[C@H]5C(O)C[C@]34C)CC2)nc(N(CC)CC)n1. The molecule has 4 fully saturated rings. The average Bonchev–Trinajstić information content (AvgIpc) is 3.32. The molecule has 1 saturated heterocycles. The van der Waals surface area contributed by atoms with E-state index in [0.29, 0.717) is 36.5 Å². The highest BCUT2D eigenvalue weighted by Gasteiger charge is 2.64. The zero-order valence-corrected chi connectivity index (χ0v) is 29.9. The van der Waals surface area contributed by atoms with Gasteiger partial charge in [0.15, 0.2) is 11.6 Å². The smallest absolute Gasteiger partial charge is 0.229 e. The lowest BCUT2D eigenvalue weighted by Gasteiger charge is -2.58. The first-order chi connectivity index (χ1) is 22.5. The van der Waals surface area contributed by atoms with E-state index in [9.17, 15) is 14.7 Å². The van der Waals surface area contributed by atoms with Gasteiger partial charge in [-0.05, 0) is 88.7 Å². The van der Waals surface area contributed by atoms with Crippen LogP contribution in [0.25, 0.3) is 0 Å². The van der Waals surface area contributed by atoms with Crippen molar-refractivity contribution in [3.05, 3.63) is 29.9 Å². The van der Waals surface area contributed by atoms with Gasteiger partial charge in [-0.3, -0.25) is 14.5 Å². The Bertz CT molecular complexity index is 1370. The fraction of sp³-hybridized carbons (Fsp3) is 0.737. The lowest BCUT2D eigenvalue weighted by Crippen LogP contribution is -2.57. The number of aliphatic hydroxyl groups is 1.